The van der Waals surface area contributed by atoms with Gasteiger partial charge in [-0.25, -0.2) is 8.42 Å². The van der Waals surface area contributed by atoms with Crippen LogP contribution in [0, 0.1) is 6.92 Å². The second-order valence-electron chi connectivity index (χ2n) is 6.88. The molecular weight excluding hydrogens is 324 g/mol. The minimum absolute atomic E-state index is 0.128. The van der Waals surface area contributed by atoms with Gasteiger partial charge in [-0.1, -0.05) is 37.5 Å². The maximum atomic E-state index is 13.0. The number of amides is 1. The van der Waals surface area contributed by atoms with Crippen molar-refractivity contribution in [2.45, 2.75) is 68.8 Å². The summed E-state index contributed by atoms with van der Waals surface area (Å²) in [7, 11) is -3.63. The first kappa shape index (κ1) is 17.4. The molecule has 1 N–H and O–H groups in total. The molecule has 1 atom stereocenters. The average molecular weight is 350 g/mol. The summed E-state index contributed by atoms with van der Waals surface area (Å²) >= 11 is 0. The van der Waals surface area contributed by atoms with Gasteiger partial charge in [0.2, 0.25) is 15.9 Å². The Morgan fingerprint density at radius 3 is 2.50 bits per heavy atom. The lowest BCUT2D eigenvalue weighted by Gasteiger charge is -2.28. The summed E-state index contributed by atoms with van der Waals surface area (Å²) in [6, 6.07) is 6.60. The Morgan fingerprint density at radius 1 is 1.08 bits per heavy atom. The van der Waals surface area contributed by atoms with Crippen LogP contribution in [0.2, 0.25) is 0 Å². The second kappa shape index (κ2) is 7.23. The number of hydrogen-bond donors (Lipinski definition) is 1. The largest absolute Gasteiger partial charge is 0.352 e. The molecule has 1 aliphatic carbocycles. The molecule has 2 fully saturated rings. The maximum absolute atomic E-state index is 13.0. The van der Waals surface area contributed by atoms with E-state index in [4.69, 9.17) is 0 Å². The molecule has 24 heavy (non-hydrogen) atoms. The molecular formula is C18H26N2O3S. The zero-order chi connectivity index (χ0) is 17.2. The van der Waals surface area contributed by atoms with Gasteiger partial charge in [0.15, 0.2) is 0 Å². The Bertz CT molecular complexity index is 696. The van der Waals surface area contributed by atoms with Crippen LogP contribution in [0.1, 0.15) is 50.5 Å². The smallest absolute Gasteiger partial charge is 0.244 e. The van der Waals surface area contributed by atoms with E-state index in [1.165, 1.54) is 10.7 Å². The van der Waals surface area contributed by atoms with Crippen LogP contribution in [-0.2, 0) is 14.8 Å². The molecule has 5 nitrogen and oxygen atoms in total. The molecule has 1 heterocycles. The predicted octanol–water partition coefficient (Wildman–Crippen LogP) is 2.60. The number of nitrogens with one attached hydrogen (secondary N) is 1. The van der Waals surface area contributed by atoms with Crippen LogP contribution in [-0.4, -0.2) is 37.3 Å². The van der Waals surface area contributed by atoms with Crippen LogP contribution >= 0.6 is 0 Å². The summed E-state index contributed by atoms with van der Waals surface area (Å²) in [6.07, 6.45) is 6.84. The molecule has 6 heteroatoms. The molecule has 0 aromatic heterocycles. The Labute approximate surface area is 144 Å². The first-order chi connectivity index (χ1) is 11.5. The zero-order valence-electron chi connectivity index (χ0n) is 14.2. The van der Waals surface area contributed by atoms with E-state index in [2.05, 4.69) is 5.32 Å². The van der Waals surface area contributed by atoms with Crippen molar-refractivity contribution in [2.75, 3.05) is 6.54 Å². The number of carbonyl (C=O) groups is 1. The van der Waals surface area contributed by atoms with Gasteiger partial charge in [0.05, 0.1) is 4.90 Å². The fourth-order valence-electron chi connectivity index (χ4n) is 3.81. The summed E-state index contributed by atoms with van der Waals surface area (Å²) in [5.41, 5.74) is 0.718. The van der Waals surface area contributed by atoms with Crippen molar-refractivity contribution in [1.82, 2.24) is 9.62 Å². The maximum Gasteiger partial charge on any atom is 0.244 e. The van der Waals surface area contributed by atoms with Crippen LogP contribution in [0.5, 0.6) is 0 Å². The number of sulfonamides is 1. The van der Waals surface area contributed by atoms with Gasteiger partial charge in [-0.05, 0) is 44.2 Å². The van der Waals surface area contributed by atoms with Crippen molar-refractivity contribution in [3.63, 3.8) is 0 Å². The topological polar surface area (TPSA) is 66.5 Å². The minimum Gasteiger partial charge on any atom is -0.352 e. The third-order valence-electron chi connectivity index (χ3n) is 5.14. The Kier molecular flexibility index (Phi) is 5.25. The van der Waals surface area contributed by atoms with Gasteiger partial charge in [-0.2, -0.15) is 4.31 Å². The van der Waals surface area contributed by atoms with Gasteiger partial charge in [0.1, 0.15) is 6.04 Å². The third kappa shape index (κ3) is 3.49. The number of nitrogens with zero attached hydrogens (tertiary/aromatic N) is 1. The number of benzene rings is 1. The molecule has 1 saturated carbocycles. The van der Waals surface area contributed by atoms with E-state index < -0.39 is 16.1 Å². The molecule has 2 aliphatic rings. The minimum atomic E-state index is -3.63. The number of carbonyl (C=O) groups excluding carboxylic acids is 1. The van der Waals surface area contributed by atoms with Crippen molar-refractivity contribution in [1.29, 1.82) is 0 Å². The Morgan fingerprint density at radius 2 is 1.79 bits per heavy atom. The van der Waals surface area contributed by atoms with E-state index in [0.717, 1.165) is 37.7 Å². The number of aryl methyl sites for hydroxylation is 1. The summed E-state index contributed by atoms with van der Waals surface area (Å²) in [6.45, 7) is 2.21. The number of rotatable bonds is 4. The van der Waals surface area contributed by atoms with Crippen LogP contribution in [0.4, 0.5) is 0 Å². The van der Waals surface area contributed by atoms with Crippen LogP contribution in [0.15, 0.2) is 29.2 Å². The average Bonchev–Trinajstić information content (AvgIpc) is 3.06. The summed E-state index contributed by atoms with van der Waals surface area (Å²) in [5, 5.41) is 3.08. The van der Waals surface area contributed by atoms with Crippen molar-refractivity contribution in [2.24, 2.45) is 0 Å². The number of hydrogen-bond acceptors (Lipinski definition) is 3. The first-order valence-corrected chi connectivity index (χ1v) is 10.3. The summed E-state index contributed by atoms with van der Waals surface area (Å²) in [4.78, 5) is 13.0. The van der Waals surface area contributed by atoms with Gasteiger partial charge < -0.3 is 5.32 Å². The van der Waals surface area contributed by atoms with E-state index in [1.54, 1.807) is 25.1 Å². The summed E-state index contributed by atoms with van der Waals surface area (Å²) in [5.74, 6) is -0.128. The van der Waals surface area contributed by atoms with Crippen molar-refractivity contribution < 1.29 is 13.2 Å². The molecule has 0 bridgehead atoms. The van der Waals surface area contributed by atoms with Crippen LogP contribution in [0.25, 0.3) is 0 Å². The molecule has 1 aromatic rings. The lowest BCUT2D eigenvalue weighted by Crippen LogP contribution is -2.49. The highest BCUT2D eigenvalue weighted by atomic mass is 32.2. The van der Waals surface area contributed by atoms with E-state index >= 15 is 0 Å². The Balaban J connectivity index is 1.77. The predicted molar refractivity (Wildman–Crippen MR) is 93.1 cm³/mol. The zero-order valence-corrected chi connectivity index (χ0v) is 15.0. The molecule has 3 rings (SSSR count). The van der Waals surface area contributed by atoms with Crippen molar-refractivity contribution >= 4 is 15.9 Å². The lowest BCUT2D eigenvalue weighted by atomic mass is 9.95. The second-order valence-corrected chi connectivity index (χ2v) is 8.74. The lowest BCUT2D eigenvalue weighted by molar-refractivity contribution is -0.125. The van der Waals surface area contributed by atoms with Gasteiger partial charge in [0.25, 0.3) is 0 Å². The van der Waals surface area contributed by atoms with Crippen molar-refractivity contribution in [3.05, 3.63) is 29.8 Å². The van der Waals surface area contributed by atoms with E-state index in [9.17, 15) is 13.2 Å². The molecule has 1 aromatic carbocycles. The monoisotopic (exact) mass is 350 g/mol. The van der Waals surface area contributed by atoms with Gasteiger partial charge in [-0.15, -0.1) is 0 Å². The highest BCUT2D eigenvalue weighted by Gasteiger charge is 2.40. The fraction of sp³-hybridized carbons (Fsp3) is 0.611. The van der Waals surface area contributed by atoms with E-state index in [1.807, 2.05) is 6.07 Å². The molecule has 132 valence electrons. The Hall–Kier alpha value is -1.40. The molecule has 1 saturated heterocycles. The highest BCUT2D eigenvalue weighted by Crippen LogP contribution is 2.28. The molecule has 0 spiro atoms. The van der Waals surface area contributed by atoms with Gasteiger partial charge >= 0.3 is 0 Å². The summed E-state index contributed by atoms with van der Waals surface area (Å²) < 4.78 is 27.4. The third-order valence-corrected chi connectivity index (χ3v) is 7.21. The standard InChI is InChI=1S/C18H26N2O3S/c1-14-8-5-6-12-17(14)24(22,23)20-13-7-11-16(20)18(21)19-15-9-3-2-4-10-15/h5-6,8,12,15-16H,2-4,7,9-11,13H2,1H3,(H,19,21)/t16-/m0/s1. The quantitative estimate of drug-likeness (QED) is 0.908. The van der Waals surface area contributed by atoms with Gasteiger partial charge in [0, 0.05) is 12.6 Å². The van der Waals surface area contributed by atoms with E-state index in [0.29, 0.717) is 17.9 Å². The molecule has 1 amide bonds. The molecule has 0 radical (unpaired) electrons. The van der Waals surface area contributed by atoms with E-state index in [-0.39, 0.29) is 11.9 Å². The molecule has 0 unspecified atom stereocenters. The highest BCUT2D eigenvalue weighted by molar-refractivity contribution is 7.89. The van der Waals surface area contributed by atoms with Crippen LogP contribution < -0.4 is 5.32 Å². The van der Waals surface area contributed by atoms with Crippen LogP contribution in [0.3, 0.4) is 0 Å². The fourth-order valence-corrected chi connectivity index (χ4v) is 5.69. The van der Waals surface area contributed by atoms with Gasteiger partial charge in [-0.3, -0.25) is 4.79 Å². The normalized spacial score (nSPS) is 23.3. The van der Waals surface area contributed by atoms with Crippen molar-refractivity contribution in [3.8, 4) is 0 Å². The first-order valence-electron chi connectivity index (χ1n) is 8.88. The SMILES string of the molecule is Cc1ccccc1S(=O)(=O)N1CCC[C@H]1C(=O)NC1CCCCC1. The molecule has 1 aliphatic heterocycles.